The van der Waals surface area contributed by atoms with Crippen molar-refractivity contribution < 1.29 is 0 Å². The second kappa shape index (κ2) is 7.60. The molecular weight excluding hydrogens is 146 g/mol. The van der Waals surface area contributed by atoms with Crippen LogP contribution in [-0.4, -0.2) is 24.5 Å². The average Bonchev–Trinajstić information content (AvgIpc) is 2.27. The molecule has 0 radical (unpaired) electrons. The van der Waals surface area contributed by atoms with Gasteiger partial charge in [0.1, 0.15) is 0 Å². The Labute approximate surface area is 78.1 Å². The van der Waals surface area contributed by atoms with Crippen LogP contribution in [0.4, 0.5) is 0 Å². The predicted octanol–water partition coefficient (Wildman–Crippen LogP) is 3.15. The van der Waals surface area contributed by atoms with E-state index in [-0.39, 0.29) is 0 Å². The molecule has 0 spiro atoms. The highest BCUT2D eigenvalue weighted by molar-refractivity contribution is 4.78. The molecule has 0 atom stereocenters. The van der Waals surface area contributed by atoms with Crippen LogP contribution in [0.2, 0.25) is 0 Å². The van der Waals surface area contributed by atoms with E-state index in [0.717, 1.165) is 5.92 Å². The van der Waals surface area contributed by atoms with Gasteiger partial charge in [-0.1, -0.05) is 27.7 Å². The molecule has 74 valence electrons. The van der Waals surface area contributed by atoms with Gasteiger partial charge in [0.2, 0.25) is 0 Å². The molecule has 0 unspecified atom stereocenters. The van der Waals surface area contributed by atoms with Crippen LogP contribution in [0.3, 0.4) is 0 Å². The van der Waals surface area contributed by atoms with Crippen molar-refractivity contribution in [1.82, 2.24) is 4.90 Å². The summed E-state index contributed by atoms with van der Waals surface area (Å²) in [4.78, 5) is 2.58. The Morgan fingerprint density at radius 2 is 1.08 bits per heavy atom. The SMILES string of the molecule is C1CN2CCC1CC2.CC.CC. The predicted molar refractivity (Wildman–Crippen MR) is 56.5 cm³/mol. The third-order valence-corrected chi connectivity index (χ3v) is 2.56. The number of hydrogen-bond acceptors (Lipinski definition) is 1. The Bertz CT molecular complexity index is 60.0. The first-order valence-corrected chi connectivity index (χ1v) is 5.67. The van der Waals surface area contributed by atoms with Crippen LogP contribution in [0.15, 0.2) is 0 Å². The van der Waals surface area contributed by atoms with Crippen LogP contribution in [0.5, 0.6) is 0 Å². The van der Waals surface area contributed by atoms with Gasteiger partial charge in [0.15, 0.2) is 0 Å². The van der Waals surface area contributed by atoms with Gasteiger partial charge in [0.05, 0.1) is 0 Å². The molecule has 1 nitrogen and oxygen atoms in total. The summed E-state index contributed by atoms with van der Waals surface area (Å²) >= 11 is 0. The molecule has 0 saturated carbocycles. The summed E-state index contributed by atoms with van der Waals surface area (Å²) in [5.41, 5.74) is 0. The van der Waals surface area contributed by atoms with Crippen LogP contribution in [0.25, 0.3) is 0 Å². The Morgan fingerprint density at radius 3 is 1.17 bits per heavy atom. The number of nitrogens with zero attached hydrogens (tertiary/aromatic N) is 1. The van der Waals surface area contributed by atoms with Crippen LogP contribution >= 0.6 is 0 Å². The van der Waals surface area contributed by atoms with Crippen LogP contribution in [-0.2, 0) is 0 Å². The molecule has 12 heavy (non-hydrogen) atoms. The van der Waals surface area contributed by atoms with E-state index in [1.54, 1.807) is 0 Å². The minimum Gasteiger partial charge on any atom is -0.303 e. The molecule has 3 heterocycles. The van der Waals surface area contributed by atoms with Crippen molar-refractivity contribution in [3.8, 4) is 0 Å². The third kappa shape index (κ3) is 3.57. The molecule has 0 aromatic rings. The highest BCUT2D eigenvalue weighted by Crippen LogP contribution is 2.26. The van der Waals surface area contributed by atoms with Crippen molar-refractivity contribution in [1.29, 1.82) is 0 Å². The monoisotopic (exact) mass is 171 g/mol. The summed E-state index contributed by atoms with van der Waals surface area (Å²) < 4.78 is 0. The largest absolute Gasteiger partial charge is 0.303 e. The standard InChI is InChI=1S/C7H13N.2C2H6/c1-4-8-5-2-7(1)3-6-8;2*1-2/h7H,1-6H2;2*1-2H3. The van der Waals surface area contributed by atoms with Crippen molar-refractivity contribution in [3.63, 3.8) is 0 Å². The van der Waals surface area contributed by atoms with Gasteiger partial charge in [-0.05, 0) is 44.8 Å². The fourth-order valence-corrected chi connectivity index (χ4v) is 1.86. The zero-order valence-electron chi connectivity index (χ0n) is 9.27. The van der Waals surface area contributed by atoms with Gasteiger partial charge in [0.25, 0.3) is 0 Å². The maximum absolute atomic E-state index is 2.58. The minimum atomic E-state index is 1.11. The molecule has 3 rings (SSSR count). The zero-order chi connectivity index (χ0) is 9.40. The first-order valence-electron chi connectivity index (χ1n) is 5.67. The fraction of sp³-hybridized carbons (Fsp3) is 1.00. The molecule has 3 aliphatic heterocycles. The molecule has 3 fully saturated rings. The second-order valence-electron chi connectivity index (χ2n) is 3.07. The summed E-state index contributed by atoms with van der Waals surface area (Å²) in [5.74, 6) is 1.11. The topological polar surface area (TPSA) is 3.24 Å². The molecule has 1 heteroatoms. The van der Waals surface area contributed by atoms with Gasteiger partial charge in [-0.25, -0.2) is 0 Å². The second-order valence-corrected chi connectivity index (χ2v) is 3.07. The zero-order valence-corrected chi connectivity index (χ0v) is 9.27. The summed E-state index contributed by atoms with van der Waals surface area (Å²) in [6.45, 7) is 12.2. The minimum absolute atomic E-state index is 1.11. The lowest BCUT2D eigenvalue weighted by atomic mass is 9.89. The quantitative estimate of drug-likeness (QED) is 0.541. The van der Waals surface area contributed by atoms with Crippen LogP contribution in [0.1, 0.15) is 47.0 Å². The Kier molecular flexibility index (Phi) is 7.58. The lowest BCUT2D eigenvalue weighted by Gasteiger charge is -2.38. The molecule has 0 N–H and O–H groups in total. The summed E-state index contributed by atoms with van der Waals surface area (Å²) in [6, 6.07) is 0. The van der Waals surface area contributed by atoms with Crippen molar-refractivity contribution in [2.75, 3.05) is 19.6 Å². The van der Waals surface area contributed by atoms with Gasteiger partial charge in [-0.15, -0.1) is 0 Å². The van der Waals surface area contributed by atoms with E-state index in [1.165, 1.54) is 38.9 Å². The highest BCUT2D eigenvalue weighted by Gasteiger charge is 2.24. The molecule has 3 aliphatic rings. The maximum Gasteiger partial charge on any atom is -0.00161 e. The number of rotatable bonds is 0. The maximum atomic E-state index is 2.58. The van der Waals surface area contributed by atoms with Gasteiger partial charge in [-0.3, -0.25) is 0 Å². The van der Waals surface area contributed by atoms with Crippen molar-refractivity contribution in [2.45, 2.75) is 47.0 Å². The number of fused-ring (bicyclic) bond motifs is 3. The van der Waals surface area contributed by atoms with Crippen LogP contribution < -0.4 is 0 Å². The van der Waals surface area contributed by atoms with Gasteiger partial charge >= 0.3 is 0 Å². The molecule has 3 saturated heterocycles. The Hall–Kier alpha value is -0.0400. The molecule has 2 bridgehead atoms. The van der Waals surface area contributed by atoms with Crippen molar-refractivity contribution >= 4 is 0 Å². The van der Waals surface area contributed by atoms with Crippen molar-refractivity contribution in [2.24, 2.45) is 5.92 Å². The highest BCUT2D eigenvalue weighted by atomic mass is 15.1. The van der Waals surface area contributed by atoms with Crippen LogP contribution in [0, 0.1) is 5.92 Å². The number of hydrogen-bond donors (Lipinski definition) is 0. The summed E-state index contributed by atoms with van der Waals surface area (Å²) in [7, 11) is 0. The fourth-order valence-electron chi connectivity index (χ4n) is 1.86. The smallest absolute Gasteiger partial charge is 0.00161 e. The van der Waals surface area contributed by atoms with E-state index >= 15 is 0 Å². The lowest BCUT2D eigenvalue weighted by Crippen LogP contribution is -2.41. The van der Waals surface area contributed by atoms with Crippen molar-refractivity contribution in [3.05, 3.63) is 0 Å². The molecule has 0 aliphatic carbocycles. The van der Waals surface area contributed by atoms with E-state index in [9.17, 15) is 0 Å². The Morgan fingerprint density at radius 1 is 0.750 bits per heavy atom. The summed E-state index contributed by atoms with van der Waals surface area (Å²) in [5, 5.41) is 0. The van der Waals surface area contributed by atoms with Gasteiger partial charge < -0.3 is 4.90 Å². The molecule has 0 amide bonds. The van der Waals surface area contributed by atoms with E-state index in [4.69, 9.17) is 0 Å². The third-order valence-electron chi connectivity index (χ3n) is 2.56. The Balaban J connectivity index is 0.000000269. The van der Waals surface area contributed by atoms with Gasteiger partial charge in [0, 0.05) is 0 Å². The number of piperidine rings is 3. The lowest BCUT2D eigenvalue weighted by molar-refractivity contribution is 0.111. The summed E-state index contributed by atoms with van der Waals surface area (Å²) in [6.07, 6.45) is 4.46. The van der Waals surface area contributed by atoms with E-state index in [2.05, 4.69) is 4.90 Å². The molecule has 0 aromatic heterocycles. The van der Waals surface area contributed by atoms with E-state index in [0.29, 0.717) is 0 Å². The first-order chi connectivity index (χ1) is 5.95. The van der Waals surface area contributed by atoms with Gasteiger partial charge in [-0.2, -0.15) is 0 Å². The molecular formula is C11H25N. The normalized spacial score (nSPS) is 31.0. The van der Waals surface area contributed by atoms with E-state index < -0.39 is 0 Å². The molecule has 0 aromatic carbocycles. The first kappa shape index (κ1) is 12.0. The van der Waals surface area contributed by atoms with E-state index in [1.807, 2.05) is 27.7 Å². The average molecular weight is 171 g/mol.